The molecule has 3 heterocycles. The lowest BCUT2D eigenvalue weighted by atomic mass is 9.75. The highest BCUT2D eigenvalue weighted by Gasteiger charge is 2.39. The minimum absolute atomic E-state index is 0.105. The molecule has 1 aromatic carbocycles. The second kappa shape index (κ2) is 11.5. The number of halogens is 7. The number of hydrogen-bond donors (Lipinski definition) is 0. The number of aryl methyl sites for hydroxylation is 2. The van der Waals surface area contributed by atoms with Crippen LogP contribution in [0, 0.1) is 12.7 Å². The maximum absolute atomic E-state index is 14.6. The van der Waals surface area contributed by atoms with Crippen molar-refractivity contribution in [1.29, 1.82) is 0 Å². The van der Waals surface area contributed by atoms with Crippen molar-refractivity contribution >= 4 is 0 Å². The van der Waals surface area contributed by atoms with Gasteiger partial charge in [-0.25, -0.2) is 9.07 Å². The fourth-order valence-electron chi connectivity index (χ4n) is 5.81. The van der Waals surface area contributed by atoms with Crippen molar-refractivity contribution < 1.29 is 35.5 Å². The Hall–Kier alpha value is -4.23. The molecule has 0 spiro atoms. The van der Waals surface area contributed by atoms with Crippen molar-refractivity contribution in [2.75, 3.05) is 0 Å². The summed E-state index contributed by atoms with van der Waals surface area (Å²) in [6.45, 7) is 1.22. The van der Waals surface area contributed by atoms with E-state index >= 15 is 0 Å². The average molecular weight is 610 g/mol. The molecule has 228 valence electrons. The van der Waals surface area contributed by atoms with Crippen molar-refractivity contribution in [2.24, 2.45) is 7.05 Å². The van der Waals surface area contributed by atoms with Gasteiger partial charge in [0.05, 0.1) is 24.0 Å². The van der Waals surface area contributed by atoms with E-state index in [1.165, 1.54) is 24.4 Å². The predicted molar refractivity (Wildman–Crippen MR) is 141 cm³/mol. The van der Waals surface area contributed by atoms with E-state index in [4.69, 9.17) is 0 Å². The third-order valence-electron chi connectivity index (χ3n) is 7.71. The lowest BCUT2D eigenvalue weighted by molar-refractivity contribution is -0.275. The molecular weight excluding hydrogens is 583 g/mol. The molecule has 1 aliphatic rings. The van der Waals surface area contributed by atoms with Gasteiger partial charge in [-0.1, -0.05) is 12.1 Å². The van der Waals surface area contributed by atoms with Crippen LogP contribution in [-0.4, -0.2) is 30.9 Å². The molecule has 0 atom stereocenters. The molecule has 0 unspecified atom stereocenters. The van der Waals surface area contributed by atoms with Crippen LogP contribution in [-0.2, 0) is 19.8 Å². The third-order valence-corrected chi connectivity index (χ3v) is 7.71. The topological polar surface area (TPSA) is 74.8 Å². The summed E-state index contributed by atoms with van der Waals surface area (Å²) in [6.07, 6.45) is -5.78. The zero-order chi connectivity index (χ0) is 31.1. The highest BCUT2D eigenvalue weighted by Crippen LogP contribution is 2.42. The second-order valence-corrected chi connectivity index (χ2v) is 10.5. The highest BCUT2D eigenvalue weighted by molar-refractivity contribution is 5.62. The van der Waals surface area contributed by atoms with Gasteiger partial charge in [0.1, 0.15) is 11.5 Å². The Balaban J connectivity index is 1.57. The van der Waals surface area contributed by atoms with Crippen LogP contribution in [0.4, 0.5) is 30.7 Å². The first-order valence-electron chi connectivity index (χ1n) is 13.4. The van der Waals surface area contributed by atoms with Crippen LogP contribution in [0.3, 0.4) is 0 Å². The maximum Gasteiger partial charge on any atom is 0.573 e. The van der Waals surface area contributed by atoms with Gasteiger partial charge in [-0.05, 0) is 79.8 Å². The fourth-order valence-corrected chi connectivity index (χ4v) is 5.81. The molecule has 4 aromatic rings. The number of rotatable bonds is 6. The van der Waals surface area contributed by atoms with E-state index in [1.54, 1.807) is 6.07 Å². The Morgan fingerprint density at radius 3 is 2.35 bits per heavy atom. The highest BCUT2D eigenvalue weighted by atomic mass is 19.4. The molecule has 1 fully saturated rings. The molecule has 14 heteroatoms. The van der Waals surface area contributed by atoms with E-state index in [9.17, 15) is 35.5 Å². The normalized spacial score (nSPS) is 17.7. The molecule has 0 saturated heterocycles. The molecule has 1 aliphatic carbocycles. The van der Waals surface area contributed by atoms with E-state index in [1.807, 2.05) is 13.0 Å². The van der Waals surface area contributed by atoms with Gasteiger partial charge in [-0.3, -0.25) is 14.5 Å². The largest absolute Gasteiger partial charge is 0.573 e. The smallest absolute Gasteiger partial charge is 0.404 e. The molecule has 7 nitrogen and oxygen atoms in total. The van der Waals surface area contributed by atoms with Crippen molar-refractivity contribution in [3.05, 3.63) is 93.0 Å². The number of alkyl halides is 6. The molecule has 5 rings (SSSR count). The van der Waals surface area contributed by atoms with Gasteiger partial charge >= 0.3 is 12.5 Å². The number of pyridine rings is 1. The molecule has 1 saturated carbocycles. The quantitative estimate of drug-likeness (QED) is 0.223. The Morgan fingerprint density at radius 2 is 1.70 bits per heavy atom. The molecule has 3 aromatic heterocycles. The first kappa shape index (κ1) is 30.2. The second-order valence-electron chi connectivity index (χ2n) is 10.5. The minimum Gasteiger partial charge on any atom is -0.404 e. The zero-order valence-corrected chi connectivity index (χ0v) is 23.0. The first-order chi connectivity index (χ1) is 20.2. The lowest BCUT2D eigenvalue weighted by Gasteiger charge is -2.30. The van der Waals surface area contributed by atoms with Gasteiger partial charge in [0.15, 0.2) is 11.4 Å². The summed E-state index contributed by atoms with van der Waals surface area (Å²) in [5.41, 5.74) is -1.14. The summed E-state index contributed by atoms with van der Waals surface area (Å²) in [6, 6.07) is 8.35. The van der Waals surface area contributed by atoms with Gasteiger partial charge in [0, 0.05) is 18.8 Å². The number of hydrogen-bond acceptors (Lipinski definition) is 5. The van der Waals surface area contributed by atoms with E-state index in [-0.39, 0.29) is 28.7 Å². The Labute approximate surface area is 240 Å². The summed E-state index contributed by atoms with van der Waals surface area (Å²) >= 11 is 0. The Morgan fingerprint density at radius 1 is 1.00 bits per heavy atom. The maximum atomic E-state index is 14.6. The molecular formula is C29H26F7N5O2. The summed E-state index contributed by atoms with van der Waals surface area (Å²) in [5.74, 6) is -1.51. The molecule has 0 amide bonds. The van der Waals surface area contributed by atoms with Crippen molar-refractivity contribution in [2.45, 2.75) is 63.5 Å². The van der Waals surface area contributed by atoms with Crippen LogP contribution in [0.25, 0.3) is 11.3 Å². The summed E-state index contributed by atoms with van der Waals surface area (Å²) in [7, 11) is 1.11. The average Bonchev–Trinajstić information content (AvgIpc) is 3.32. The zero-order valence-electron chi connectivity index (χ0n) is 23.0. The van der Waals surface area contributed by atoms with Crippen molar-refractivity contribution in [1.82, 2.24) is 24.5 Å². The number of benzene rings is 1. The predicted octanol–water partition coefficient (Wildman–Crippen LogP) is 6.89. The van der Waals surface area contributed by atoms with Crippen LogP contribution < -0.4 is 10.3 Å². The number of ether oxygens (including phenoxy) is 1. The van der Waals surface area contributed by atoms with Crippen LogP contribution >= 0.6 is 0 Å². The molecule has 0 radical (unpaired) electrons. The Kier molecular flexibility index (Phi) is 8.05. The standard InChI is InChI=1S/C29H26F7N5O2/c1-16-5-3-6-21(30)25(16)18-10-8-17(9-11-18)19-13-22(20-14-38-40(2)26(20)28(31,32)33)39-41(27(19)42)15-23-24(7-4-12-37-23)43-29(34,35)36/h3-7,12-14,17-18H,8-11,15H2,1-2H3. The number of nitrogens with zero attached hydrogens (tertiary/aromatic N) is 5. The lowest BCUT2D eigenvalue weighted by Crippen LogP contribution is -2.30. The van der Waals surface area contributed by atoms with Gasteiger partial charge in [-0.15, -0.1) is 13.2 Å². The molecule has 0 aliphatic heterocycles. The van der Waals surface area contributed by atoms with E-state index in [0.717, 1.165) is 29.6 Å². The number of aromatic nitrogens is 5. The van der Waals surface area contributed by atoms with Crippen LogP contribution in [0.15, 0.2) is 53.6 Å². The van der Waals surface area contributed by atoms with Crippen molar-refractivity contribution in [3.8, 4) is 17.0 Å². The fraction of sp³-hybridized carbons (Fsp3) is 0.379. The third kappa shape index (κ3) is 6.42. The van der Waals surface area contributed by atoms with Gasteiger partial charge < -0.3 is 4.74 Å². The van der Waals surface area contributed by atoms with Crippen LogP contribution in [0.2, 0.25) is 0 Å². The molecule has 43 heavy (non-hydrogen) atoms. The van der Waals surface area contributed by atoms with E-state index < -0.39 is 47.6 Å². The Bertz CT molecular complexity index is 1670. The van der Waals surface area contributed by atoms with E-state index in [0.29, 0.717) is 35.9 Å². The van der Waals surface area contributed by atoms with Crippen LogP contribution in [0.5, 0.6) is 5.75 Å². The summed E-state index contributed by atoms with van der Waals surface area (Å²) in [5, 5.41) is 7.86. The van der Waals surface area contributed by atoms with Crippen LogP contribution in [0.1, 0.15) is 65.6 Å². The minimum atomic E-state index is -5.05. The summed E-state index contributed by atoms with van der Waals surface area (Å²) in [4.78, 5) is 17.6. The van der Waals surface area contributed by atoms with Crippen molar-refractivity contribution in [3.63, 3.8) is 0 Å². The molecule has 0 bridgehead atoms. The molecule has 0 N–H and O–H groups in total. The first-order valence-corrected chi connectivity index (χ1v) is 13.4. The monoisotopic (exact) mass is 609 g/mol. The van der Waals surface area contributed by atoms with Gasteiger partial charge in [-0.2, -0.15) is 23.4 Å². The SMILES string of the molecule is Cc1cccc(F)c1C1CCC(c2cc(-c3cnn(C)c3C(F)(F)F)nn(Cc3ncccc3OC(F)(F)F)c2=O)CC1. The van der Waals surface area contributed by atoms with Gasteiger partial charge in [0.2, 0.25) is 0 Å². The summed E-state index contributed by atoms with van der Waals surface area (Å²) < 4.78 is 101. The van der Waals surface area contributed by atoms with Gasteiger partial charge in [0.25, 0.3) is 5.56 Å². The van der Waals surface area contributed by atoms with E-state index in [2.05, 4.69) is 19.9 Å².